The van der Waals surface area contributed by atoms with E-state index < -0.39 is 0 Å². The quantitative estimate of drug-likeness (QED) is 0.0327. The predicted octanol–water partition coefficient (Wildman–Crippen LogP) is 22.5. The summed E-state index contributed by atoms with van der Waals surface area (Å²) in [6, 6.07) is 17.9. The number of thiophene rings is 2. The number of hydrogen-bond acceptors (Lipinski definition) is 4. The van der Waals surface area contributed by atoms with Gasteiger partial charge in [0.2, 0.25) is 0 Å². The standard InChI is InChI=1S/C72H110N2O2S2Se2/c1-5-9-13-17-21-25-27-31-35-39-44-59(43-37-33-29-23-19-15-11-7-3)57-73-69(64-48-41-55-77-64)67-68(72(73)76)70(65-53-52-63(78-65)66-54-51-62(80-66)50-49-61-47-42-56-79-61)74(71(67)75)58-60(45-38-34-30-24-20-16-12-8-4)46-40-36-32-28-26-22-18-14-10-6-2/h41-42,47-56,59-60H,5-40,43-46,57-58H2,1-4H3/b50-49+. The van der Waals surface area contributed by atoms with Crippen molar-refractivity contribution in [2.24, 2.45) is 11.8 Å². The van der Waals surface area contributed by atoms with Crippen molar-refractivity contribution in [3.63, 3.8) is 0 Å². The van der Waals surface area contributed by atoms with E-state index >= 15 is 9.59 Å². The number of carbonyl (C=O) groups excluding carboxylic acids is 2. The third-order valence-electron chi connectivity index (χ3n) is 17.3. The molecule has 0 saturated heterocycles. The van der Waals surface area contributed by atoms with Crippen LogP contribution in [0.5, 0.6) is 0 Å². The van der Waals surface area contributed by atoms with Crippen LogP contribution in [0.1, 0.15) is 303 Å². The summed E-state index contributed by atoms with van der Waals surface area (Å²) < 4.78 is 4.21. The first-order valence-corrected chi connectivity index (χ1v) is 38.8. The summed E-state index contributed by atoms with van der Waals surface area (Å²) in [7, 11) is 0. The zero-order chi connectivity index (χ0) is 56.2. The van der Waals surface area contributed by atoms with E-state index in [1.807, 2.05) is 11.3 Å². The molecule has 2 amide bonds. The molecule has 0 aromatic carbocycles. The van der Waals surface area contributed by atoms with Crippen molar-refractivity contribution < 1.29 is 9.59 Å². The Labute approximate surface area is 510 Å². The Kier molecular flexibility index (Phi) is 34.0. The molecule has 2 unspecified atom stereocenters. The van der Waals surface area contributed by atoms with Gasteiger partial charge in [-0.3, -0.25) is 0 Å². The molecule has 0 N–H and O–H groups in total. The molecule has 80 heavy (non-hydrogen) atoms. The zero-order valence-electron chi connectivity index (χ0n) is 51.1. The average molecular weight is 1260 g/mol. The van der Waals surface area contributed by atoms with Gasteiger partial charge in [0.25, 0.3) is 0 Å². The van der Waals surface area contributed by atoms with Crippen LogP contribution in [-0.2, 0) is 9.59 Å². The van der Waals surface area contributed by atoms with Crippen LogP contribution in [0.15, 0.2) is 70.0 Å². The van der Waals surface area contributed by atoms with Gasteiger partial charge in [-0.25, -0.2) is 0 Å². The normalized spacial score (nSPS) is 14.6. The van der Waals surface area contributed by atoms with Crippen molar-refractivity contribution in [2.75, 3.05) is 13.1 Å². The van der Waals surface area contributed by atoms with Crippen molar-refractivity contribution in [1.82, 2.24) is 9.80 Å². The number of hydrogen-bond donors (Lipinski definition) is 0. The van der Waals surface area contributed by atoms with Crippen LogP contribution in [0, 0.1) is 11.8 Å². The Bertz CT molecular complexity index is 2350. The van der Waals surface area contributed by atoms with Crippen molar-refractivity contribution >= 4 is 87.0 Å². The number of nitrogens with zero attached hydrogens (tertiary/aromatic N) is 2. The second-order valence-electron chi connectivity index (χ2n) is 24.2. The van der Waals surface area contributed by atoms with Crippen molar-refractivity contribution in [2.45, 2.75) is 285 Å². The van der Waals surface area contributed by atoms with Crippen LogP contribution < -0.4 is 0 Å². The Balaban J connectivity index is 1.27. The third-order valence-corrected chi connectivity index (χ3v) is 23.7. The number of carbonyl (C=O) groups is 2. The van der Waals surface area contributed by atoms with E-state index in [4.69, 9.17) is 0 Å². The molecule has 0 aliphatic carbocycles. The van der Waals surface area contributed by atoms with Gasteiger partial charge >= 0.3 is 306 Å². The third kappa shape index (κ3) is 23.2. The van der Waals surface area contributed by atoms with Gasteiger partial charge in [-0.15, -0.1) is 0 Å². The average Bonchev–Trinajstić information content (AvgIpc) is 4.49. The second kappa shape index (κ2) is 40.8. The minimum atomic E-state index is 0.0678. The molecular formula is C72H110N2O2S2Se2. The van der Waals surface area contributed by atoms with Gasteiger partial charge in [-0.1, -0.05) is 207 Å². The summed E-state index contributed by atoms with van der Waals surface area (Å²) in [4.78, 5) is 41.7. The van der Waals surface area contributed by atoms with Crippen molar-refractivity contribution in [3.8, 4) is 9.31 Å². The summed E-state index contributed by atoms with van der Waals surface area (Å²) in [5, 5.41) is 2.14. The number of unbranched alkanes of at least 4 members (excludes halogenated alkanes) is 32. The molecule has 4 aromatic heterocycles. The Morgan fingerprint density at radius 3 is 1.19 bits per heavy atom. The zero-order valence-corrected chi connectivity index (χ0v) is 56.2. The van der Waals surface area contributed by atoms with Crippen LogP contribution in [-0.4, -0.2) is 63.7 Å². The molecule has 6 rings (SSSR count). The van der Waals surface area contributed by atoms with E-state index in [1.54, 1.807) is 11.3 Å². The molecular weight excluding hydrogens is 1150 g/mol. The van der Waals surface area contributed by atoms with Gasteiger partial charge in [0.15, 0.2) is 0 Å². The molecule has 0 spiro atoms. The molecule has 2 aliphatic heterocycles. The summed E-state index contributed by atoms with van der Waals surface area (Å²) in [6.45, 7) is 10.6. The molecule has 0 saturated carbocycles. The fourth-order valence-corrected chi connectivity index (χ4v) is 17.8. The van der Waals surface area contributed by atoms with E-state index in [0.29, 0.717) is 50.6 Å². The topological polar surface area (TPSA) is 40.6 Å². The molecule has 8 heteroatoms. The molecule has 0 radical (unpaired) electrons. The van der Waals surface area contributed by atoms with Crippen LogP contribution >= 0.6 is 22.7 Å². The van der Waals surface area contributed by atoms with Crippen molar-refractivity contribution in [1.29, 1.82) is 0 Å². The van der Waals surface area contributed by atoms with Gasteiger partial charge in [0.05, 0.1) is 0 Å². The van der Waals surface area contributed by atoms with Gasteiger partial charge in [-0.2, -0.15) is 0 Å². The summed E-state index contributed by atoms with van der Waals surface area (Å²) >= 11 is 4.15. The van der Waals surface area contributed by atoms with Crippen molar-refractivity contribution in [3.05, 3.63) is 88.6 Å². The van der Waals surface area contributed by atoms with E-state index in [-0.39, 0.29) is 26.3 Å². The number of amides is 2. The first-order valence-electron chi connectivity index (χ1n) is 33.6. The fraction of sp³-hybridized carbons (Fsp3) is 0.667. The van der Waals surface area contributed by atoms with Gasteiger partial charge < -0.3 is 0 Å². The molecule has 0 fully saturated rings. The maximum atomic E-state index is 15.9. The monoisotopic (exact) mass is 1260 g/mol. The molecule has 444 valence electrons. The molecule has 2 aliphatic rings. The summed E-state index contributed by atoms with van der Waals surface area (Å²) in [5.41, 5.74) is 3.18. The summed E-state index contributed by atoms with van der Waals surface area (Å²) in [6.07, 6.45) is 57.0. The Morgan fingerprint density at radius 2 is 0.800 bits per heavy atom. The molecule has 4 aromatic rings. The first kappa shape index (κ1) is 66.7. The van der Waals surface area contributed by atoms with Gasteiger partial charge in [0, 0.05) is 0 Å². The number of fused-ring (bicyclic) bond motifs is 1. The molecule has 6 heterocycles. The minimum absolute atomic E-state index is 0.0678. The van der Waals surface area contributed by atoms with Crippen LogP contribution in [0.3, 0.4) is 0 Å². The number of rotatable bonds is 49. The van der Waals surface area contributed by atoms with Gasteiger partial charge in [0.1, 0.15) is 0 Å². The predicted molar refractivity (Wildman–Crippen MR) is 355 cm³/mol. The molecule has 4 nitrogen and oxygen atoms in total. The SMILES string of the molecule is CCCCCCCCCCCCC(CCCCCCCCCC)CN1C(=O)C2=C(c3ccc(-c4ccc(/C=C/c5ccc[se]5)[se]4)s3)N(CC(CCCCCCCCCC)CCCCCCCCCCCC)C(=O)C2=C1c1cccs1. The molecule has 0 bridgehead atoms. The summed E-state index contributed by atoms with van der Waals surface area (Å²) in [5.74, 6) is 0.955. The van der Waals surface area contributed by atoms with Crippen LogP contribution in [0.4, 0.5) is 0 Å². The first-order chi connectivity index (χ1) is 39.5. The van der Waals surface area contributed by atoms with Gasteiger partial charge in [-0.05, 0) is 0 Å². The van der Waals surface area contributed by atoms with E-state index in [2.05, 4.69) is 108 Å². The second-order valence-corrected chi connectivity index (χ2v) is 30.6. The van der Waals surface area contributed by atoms with Crippen LogP contribution in [0.2, 0.25) is 0 Å². The van der Waals surface area contributed by atoms with E-state index in [9.17, 15) is 0 Å². The fourth-order valence-electron chi connectivity index (χ4n) is 12.5. The maximum absolute atomic E-state index is 15.9. The van der Waals surface area contributed by atoms with Crippen LogP contribution in [0.25, 0.3) is 32.9 Å². The Hall–Kier alpha value is -2.44. The van der Waals surface area contributed by atoms with E-state index in [1.165, 1.54) is 249 Å². The van der Waals surface area contributed by atoms with E-state index in [0.717, 1.165) is 46.8 Å². The Morgan fingerprint density at radius 1 is 0.412 bits per heavy atom. The molecule has 2 atom stereocenters.